The summed E-state index contributed by atoms with van der Waals surface area (Å²) in [6.07, 6.45) is -3.86. The van der Waals surface area contributed by atoms with Gasteiger partial charge in [0.2, 0.25) is 5.91 Å². The summed E-state index contributed by atoms with van der Waals surface area (Å²) in [5.41, 5.74) is -0.841. The zero-order chi connectivity index (χ0) is 16.6. The molecule has 1 amide bonds. The van der Waals surface area contributed by atoms with Gasteiger partial charge in [-0.1, -0.05) is 23.3 Å². The predicted octanol–water partition coefficient (Wildman–Crippen LogP) is 2.23. The largest absolute Gasteiger partial charge is 0.416 e. The predicted molar refractivity (Wildman–Crippen MR) is 74.6 cm³/mol. The summed E-state index contributed by atoms with van der Waals surface area (Å²) in [6.45, 7) is 2.44. The highest BCUT2D eigenvalue weighted by atomic mass is 19.4. The van der Waals surface area contributed by atoms with Crippen LogP contribution in [0.4, 0.5) is 19.1 Å². The molecule has 0 saturated carbocycles. The number of carbonyl (C=O) groups is 1. The first-order chi connectivity index (χ1) is 10.9. The molecule has 1 aliphatic heterocycles. The van der Waals surface area contributed by atoms with E-state index in [9.17, 15) is 18.0 Å². The van der Waals surface area contributed by atoms with Crippen LogP contribution in [0.25, 0.3) is 0 Å². The van der Waals surface area contributed by atoms with Crippen LogP contribution in [0.3, 0.4) is 0 Å². The zero-order valence-corrected chi connectivity index (χ0v) is 12.3. The maximum absolute atomic E-state index is 13.1. The highest BCUT2D eigenvalue weighted by molar-refractivity contribution is 5.96. The van der Waals surface area contributed by atoms with Crippen molar-refractivity contribution in [3.05, 3.63) is 35.4 Å². The van der Waals surface area contributed by atoms with Crippen LogP contribution >= 0.6 is 0 Å². The molecule has 1 aromatic heterocycles. The van der Waals surface area contributed by atoms with Gasteiger partial charge in [0.25, 0.3) is 5.95 Å². The van der Waals surface area contributed by atoms with Crippen LogP contribution in [0, 0.1) is 0 Å². The number of fused-ring (bicyclic) bond motifs is 1. The molecule has 0 saturated heterocycles. The molecule has 0 radical (unpaired) electrons. The molecule has 0 N–H and O–H groups in total. The Bertz CT molecular complexity index is 727. The molecule has 23 heavy (non-hydrogen) atoms. The number of rotatable bonds is 2. The third-order valence-electron chi connectivity index (χ3n) is 3.88. The van der Waals surface area contributed by atoms with Crippen molar-refractivity contribution in [2.24, 2.45) is 0 Å². The minimum absolute atomic E-state index is 0.0467. The van der Waals surface area contributed by atoms with Gasteiger partial charge in [-0.3, -0.25) is 9.69 Å². The number of alkyl halides is 3. The highest BCUT2D eigenvalue weighted by Crippen LogP contribution is 2.36. The van der Waals surface area contributed by atoms with E-state index in [2.05, 4.69) is 15.5 Å². The van der Waals surface area contributed by atoms with Gasteiger partial charge in [-0.25, -0.2) is 4.68 Å². The van der Waals surface area contributed by atoms with E-state index < -0.39 is 23.6 Å². The van der Waals surface area contributed by atoms with Gasteiger partial charge in [0.15, 0.2) is 0 Å². The van der Waals surface area contributed by atoms with E-state index in [1.807, 2.05) is 0 Å². The van der Waals surface area contributed by atoms with E-state index in [1.54, 1.807) is 0 Å². The number of aryl methyl sites for hydroxylation is 1. The number of nitrogens with zero attached hydrogens (tertiary/aromatic N) is 5. The molecule has 2 aromatic rings. The summed E-state index contributed by atoms with van der Waals surface area (Å²) in [5.74, 6) is -1.12. The van der Waals surface area contributed by atoms with Crippen molar-refractivity contribution >= 4 is 11.9 Å². The minimum Gasteiger partial charge on any atom is -0.279 e. The number of carbonyl (C=O) groups excluding carboxylic acids is 1. The van der Waals surface area contributed by atoms with Crippen LogP contribution in [0.2, 0.25) is 0 Å². The molecular formula is C14H14F3N5O. The van der Waals surface area contributed by atoms with Crippen LogP contribution in [-0.2, 0) is 17.5 Å². The van der Waals surface area contributed by atoms with Crippen molar-refractivity contribution in [3.63, 3.8) is 0 Å². The summed E-state index contributed by atoms with van der Waals surface area (Å²) < 4.78 is 40.9. The van der Waals surface area contributed by atoms with Gasteiger partial charge < -0.3 is 0 Å². The topological polar surface area (TPSA) is 63.9 Å². The number of aromatic nitrogens is 4. The van der Waals surface area contributed by atoms with Crippen LogP contribution in [0.5, 0.6) is 0 Å². The second kappa shape index (κ2) is 5.64. The van der Waals surface area contributed by atoms with Gasteiger partial charge in [-0.15, -0.1) is 0 Å². The van der Waals surface area contributed by atoms with Gasteiger partial charge >= 0.3 is 6.18 Å². The third-order valence-corrected chi connectivity index (χ3v) is 3.88. The maximum atomic E-state index is 13.1. The van der Waals surface area contributed by atoms with Gasteiger partial charge in [0, 0.05) is 13.1 Å². The molecule has 1 unspecified atom stereocenters. The molecule has 3 rings (SSSR count). The second-order valence-corrected chi connectivity index (χ2v) is 5.35. The van der Waals surface area contributed by atoms with Crippen molar-refractivity contribution in [1.82, 2.24) is 20.2 Å². The van der Waals surface area contributed by atoms with E-state index in [4.69, 9.17) is 0 Å². The number of halogens is 3. The summed E-state index contributed by atoms with van der Waals surface area (Å²) in [5, 5.41) is 11.1. The van der Waals surface area contributed by atoms with E-state index in [1.165, 1.54) is 34.7 Å². The average molecular weight is 325 g/mol. The number of anilines is 1. The van der Waals surface area contributed by atoms with Crippen molar-refractivity contribution in [1.29, 1.82) is 0 Å². The fourth-order valence-corrected chi connectivity index (χ4v) is 2.72. The van der Waals surface area contributed by atoms with Crippen LogP contribution in [0.1, 0.15) is 30.4 Å². The maximum Gasteiger partial charge on any atom is 0.416 e. The zero-order valence-electron chi connectivity index (χ0n) is 12.3. The molecule has 0 spiro atoms. The quantitative estimate of drug-likeness (QED) is 0.849. The summed E-state index contributed by atoms with van der Waals surface area (Å²) >= 11 is 0. The SMILES string of the molecule is CC(C(=O)N1CCCn2nnnc21)c1ccccc1C(F)(F)F. The van der Waals surface area contributed by atoms with Gasteiger partial charge in [0.05, 0.1) is 11.5 Å². The molecule has 122 valence electrons. The Labute approximate surface area is 129 Å². The first-order valence-corrected chi connectivity index (χ1v) is 7.13. The van der Waals surface area contributed by atoms with E-state index in [0.717, 1.165) is 6.07 Å². The molecule has 1 atom stereocenters. The Balaban J connectivity index is 1.94. The average Bonchev–Trinajstić information content (AvgIpc) is 3.01. The lowest BCUT2D eigenvalue weighted by Crippen LogP contribution is -2.40. The molecule has 0 bridgehead atoms. The summed E-state index contributed by atoms with van der Waals surface area (Å²) in [7, 11) is 0. The normalized spacial score (nSPS) is 16.1. The van der Waals surface area contributed by atoms with Gasteiger partial charge in [-0.2, -0.15) is 13.2 Å². The Morgan fingerprint density at radius 2 is 2.00 bits per heavy atom. The molecule has 1 aliphatic rings. The van der Waals surface area contributed by atoms with Crippen LogP contribution in [0.15, 0.2) is 24.3 Å². The molecule has 0 fully saturated rings. The second-order valence-electron chi connectivity index (χ2n) is 5.35. The first-order valence-electron chi connectivity index (χ1n) is 7.13. The molecule has 9 heteroatoms. The molecule has 0 aliphatic carbocycles. The molecular weight excluding hydrogens is 311 g/mol. The van der Waals surface area contributed by atoms with Crippen molar-refractivity contribution in [2.75, 3.05) is 11.4 Å². The number of tetrazole rings is 1. The molecule has 2 heterocycles. The Hall–Kier alpha value is -2.45. The lowest BCUT2D eigenvalue weighted by Gasteiger charge is -2.28. The monoisotopic (exact) mass is 325 g/mol. The van der Waals surface area contributed by atoms with Crippen molar-refractivity contribution < 1.29 is 18.0 Å². The Morgan fingerprint density at radius 1 is 1.26 bits per heavy atom. The van der Waals surface area contributed by atoms with E-state index >= 15 is 0 Å². The van der Waals surface area contributed by atoms with Crippen molar-refractivity contribution in [3.8, 4) is 0 Å². The standard InChI is InChI=1S/C14H14F3N5O/c1-9(10-5-2-3-6-11(10)14(15,16)17)12(23)21-7-4-8-22-13(21)18-19-20-22/h2-3,5-6,9H,4,7-8H2,1H3. The number of hydrogen-bond acceptors (Lipinski definition) is 4. The number of amides is 1. The summed E-state index contributed by atoms with van der Waals surface area (Å²) in [6, 6.07) is 5.12. The van der Waals surface area contributed by atoms with Gasteiger partial charge in [0.1, 0.15) is 0 Å². The van der Waals surface area contributed by atoms with E-state index in [-0.39, 0.29) is 11.5 Å². The lowest BCUT2D eigenvalue weighted by molar-refractivity contribution is -0.138. The third kappa shape index (κ3) is 2.78. The molecule has 6 nitrogen and oxygen atoms in total. The Morgan fingerprint density at radius 3 is 2.74 bits per heavy atom. The smallest absolute Gasteiger partial charge is 0.279 e. The minimum atomic E-state index is -4.51. The van der Waals surface area contributed by atoms with Crippen molar-refractivity contribution in [2.45, 2.75) is 32.0 Å². The fraction of sp³-hybridized carbons (Fsp3) is 0.429. The van der Waals surface area contributed by atoms with Gasteiger partial charge in [-0.05, 0) is 35.4 Å². The number of hydrogen-bond donors (Lipinski definition) is 0. The van der Waals surface area contributed by atoms with Crippen LogP contribution < -0.4 is 4.90 Å². The molecule has 1 aromatic carbocycles. The van der Waals surface area contributed by atoms with Crippen LogP contribution in [-0.4, -0.2) is 32.7 Å². The van der Waals surface area contributed by atoms with E-state index in [0.29, 0.717) is 19.5 Å². The Kier molecular flexibility index (Phi) is 3.78. The first kappa shape index (κ1) is 15.4. The highest BCUT2D eigenvalue weighted by Gasteiger charge is 2.37. The fourth-order valence-electron chi connectivity index (χ4n) is 2.72. The summed E-state index contributed by atoms with van der Waals surface area (Å²) in [4.78, 5) is 14.0. The lowest BCUT2D eigenvalue weighted by atomic mass is 9.94. The number of benzene rings is 1.